The lowest BCUT2D eigenvalue weighted by molar-refractivity contribution is -0.152. The average molecular weight is 311 g/mol. The molecule has 0 saturated carbocycles. The fourth-order valence-corrected chi connectivity index (χ4v) is 1.69. The van der Waals surface area contributed by atoms with Gasteiger partial charge in [-0.05, 0) is 24.6 Å². The fraction of sp³-hybridized carbons (Fsp3) is 0.353. The second-order valence-corrected chi connectivity index (χ2v) is 4.75. The molecule has 0 spiro atoms. The standard InChI is InChI=1S/C14H12F3NO.C3H8/c1-10(11-6-3-2-4-7-11)18-13(14(15,16)17)12-8-5-9-19-12;1-3-2/h2-9,13H,1H3;3H2,1-2H3/t13-;/m0./s1. The summed E-state index contributed by atoms with van der Waals surface area (Å²) < 4.78 is 43.8. The molecule has 0 N–H and O–H groups in total. The first-order valence-corrected chi connectivity index (χ1v) is 7.10. The number of benzene rings is 1. The third-order valence-electron chi connectivity index (χ3n) is 2.64. The van der Waals surface area contributed by atoms with Crippen LogP contribution in [0.2, 0.25) is 0 Å². The van der Waals surface area contributed by atoms with E-state index < -0.39 is 12.2 Å². The zero-order valence-electron chi connectivity index (χ0n) is 12.9. The van der Waals surface area contributed by atoms with Crippen LogP contribution in [0, 0.1) is 0 Å². The molecule has 2 nitrogen and oxygen atoms in total. The van der Waals surface area contributed by atoms with Crippen LogP contribution in [0.15, 0.2) is 58.1 Å². The van der Waals surface area contributed by atoms with Crippen molar-refractivity contribution in [2.24, 2.45) is 4.99 Å². The van der Waals surface area contributed by atoms with Gasteiger partial charge in [0.2, 0.25) is 6.04 Å². The van der Waals surface area contributed by atoms with Crippen LogP contribution in [0.3, 0.4) is 0 Å². The summed E-state index contributed by atoms with van der Waals surface area (Å²) in [5.74, 6) is -0.206. The maximum Gasteiger partial charge on any atom is 0.418 e. The highest BCUT2D eigenvalue weighted by Crippen LogP contribution is 2.36. The number of alkyl halides is 3. The topological polar surface area (TPSA) is 25.5 Å². The van der Waals surface area contributed by atoms with Gasteiger partial charge in [0.15, 0.2) is 0 Å². The molecule has 0 saturated heterocycles. The number of rotatable bonds is 3. The van der Waals surface area contributed by atoms with Crippen molar-refractivity contribution in [2.45, 2.75) is 39.4 Å². The minimum atomic E-state index is -4.48. The van der Waals surface area contributed by atoms with Crippen LogP contribution in [0.5, 0.6) is 0 Å². The van der Waals surface area contributed by atoms with Crippen molar-refractivity contribution in [2.75, 3.05) is 0 Å². The molecule has 2 rings (SSSR count). The quantitative estimate of drug-likeness (QED) is 0.657. The molecule has 0 aliphatic carbocycles. The molecule has 0 fully saturated rings. The van der Waals surface area contributed by atoms with Gasteiger partial charge in [0.1, 0.15) is 5.76 Å². The molecule has 0 unspecified atom stereocenters. The molecular formula is C17H20F3NO. The molecule has 0 bridgehead atoms. The van der Waals surface area contributed by atoms with Crippen LogP contribution in [-0.4, -0.2) is 11.9 Å². The van der Waals surface area contributed by atoms with E-state index in [1.807, 2.05) is 0 Å². The van der Waals surface area contributed by atoms with Gasteiger partial charge >= 0.3 is 6.18 Å². The molecule has 0 aliphatic heterocycles. The van der Waals surface area contributed by atoms with Crippen LogP contribution in [-0.2, 0) is 0 Å². The number of furan rings is 1. The second kappa shape index (κ2) is 8.41. The van der Waals surface area contributed by atoms with Crippen LogP contribution in [0.1, 0.15) is 44.6 Å². The van der Waals surface area contributed by atoms with Crippen molar-refractivity contribution in [3.05, 3.63) is 60.1 Å². The summed E-state index contributed by atoms with van der Waals surface area (Å²) in [5.41, 5.74) is 0.975. The van der Waals surface area contributed by atoms with Gasteiger partial charge in [0, 0.05) is 5.71 Å². The van der Waals surface area contributed by atoms with Gasteiger partial charge in [-0.2, -0.15) is 13.2 Å². The van der Waals surface area contributed by atoms with E-state index >= 15 is 0 Å². The van der Waals surface area contributed by atoms with E-state index in [1.54, 1.807) is 37.3 Å². The third kappa shape index (κ3) is 5.39. The van der Waals surface area contributed by atoms with Crippen LogP contribution in [0.25, 0.3) is 0 Å². The molecule has 2 aromatic rings. The summed E-state index contributed by atoms with van der Waals surface area (Å²) in [6, 6.07) is 9.46. The van der Waals surface area contributed by atoms with Crippen LogP contribution in [0.4, 0.5) is 13.2 Å². The van der Waals surface area contributed by atoms with Crippen LogP contribution < -0.4 is 0 Å². The van der Waals surface area contributed by atoms with Crippen molar-refractivity contribution >= 4 is 5.71 Å². The van der Waals surface area contributed by atoms with Crippen LogP contribution >= 0.6 is 0 Å². The van der Waals surface area contributed by atoms with Crippen molar-refractivity contribution in [3.63, 3.8) is 0 Å². The first-order chi connectivity index (χ1) is 10.4. The maximum atomic E-state index is 13.0. The number of hydrogen-bond acceptors (Lipinski definition) is 2. The molecule has 1 aromatic carbocycles. The zero-order valence-corrected chi connectivity index (χ0v) is 12.9. The molecular weight excluding hydrogens is 291 g/mol. The van der Waals surface area contributed by atoms with Gasteiger partial charge in [-0.15, -0.1) is 0 Å². The second-order valence-electron chi connectivity index (χ2n) is 4.75. The van der Waals surface area contributed by atoms with Crippen molar-refractivity contribution in [1.29, 1.82) is 0 Å². The lowest BCUT2D eigenvalue weighted by Gasteiger charge is -2.15. The lowest BCUT2D eigenvalue weighted by Crippen LogP contribution is -2.20. The first-order valence-electron chi connectivity index (χ1n) is 7.10. The minimum Gasteiger partial charge on any atom is -0.467 e. The summed E-state index contributed by atoms with van der Waals surface area (Å²) in [4.78, 5) is 3.76. The highest BCUT2D eigenvalue weighted by atomic mass is 19.4. The molecule has 0 radical (unpaired) electrons. The predicted octanol–water partition coefficient (Wildman–Crippen LogP) is 5.81. The largest absolute Gasteiger partial charge is 0.467 e. The van der Waals surface area contributed by atoms with Gasteiger partial charge < -0.3 is 4.42 Å². The van der Waals surface area contributed by atoms with Gasteiger partial charge in [-0.3, -0.25) is 4.99 Å². The van der Waals surface area contributed by atoms with E-state index in [2.05, 4.69) is 18.8 Å². The molecule has 1 heterocycles. The normalized spacial score (nSPS) is 13.3. The Morgan fingerprint density at radius 2 is 1.68 bits per heavy atom. The monoisotopic (exact) mass is 311 g/mol. The Labute approximate surface area is 128 Å². The number of hydrogen-bond donors (Lipinski definition) is 0. The Hall–Kier alpha value is -2.04. The van der Waals surface area contributed by atoms with Gasteiger partial charge in [-0.1, -0.05) is 50.6 Å². The van der Waals surface area contributed by atoms with E-state index in [0.29, 0.717) is 11.3 Å². The molecule has 1 aromatic heterocycles. The number of halogens is 3. The smallest absolute Gasteiger partial charge is 0.418 e. The molecule has 1 atom stereocenters. The Balaban J connectivity index is 0.000000745. The van der Waals surface area contributed by atoms with Gasteiger partial charge in [0.05, 0.1) is 6.26 Å². The lowest BCUT2D eigenvalue weighted by atomic mass is 10.1. The van der Waals surface area contributed by atoms with Gasteiger partial charge in [-0.25, -0.2) is 0 Å². The Kier molecular flexibility index (Phi) is 6.89. The molecule has 120 valence electrons. The fourth-order valence-electron chi connectivity index (χ4n) is 1.69. The van der Waals surface area contributed by atoms with Crippen molar-refractivity contribution < 1.29 is 17.6 Å². The van der Waals surface area contributed by atoms with Crippen molar-refractivity contribution in [1.82, 2.24) is 0 Å². The first kappa shape index (κ1) is 18.0. The molecule has 0 amide bonds. The summed E-state index contributed by atoms with van der Waals surface area (Å²) in [7, 11) is 0. The zero-order chi connectivity index (χ0) is 16.6. The number of nitrogens with zero attached hydrogens (tertiary/aromatic N) is 1. The Morgan fingerprint density at radius 3 is 2.14 bits per heavy atom. The van der Waals surface area contributed by atoms with E-state index in [0.717, 1.165) is 0 Å². The highest BCUT2D eigenvalue weighted by Gasteiger charge is 2.42. The van der Waals surface area contributed by atoms with Crippen molar-refractivity contribution in [3.8, 4) is 0 Å². The van der Waals surface area contributed by atoms with E-state index in [-0.39, 0.29) is 5.76 Å². The van der Waals surface area contributed by atoms with E-state index in [1.165, 1.54) is 24.8 Å². The van der Waals surface area contributed by atoms with E-state index in [4.69, 9.17) is 4.42 Å². The highest BCUT2D eigenvalue weighted by molar-refractivity contribution is 5.98. The average Bonchev–Trinajstić information content (AvgIpc) is 2.99. The molecule has 0 aliphatic rings. The molecule has 22 heavy (non-hydrogen) atoms. The molecule has 5 heteroatoms. The summed E-state index contributed by atoms with van der Waals surface area (Å²) >= 11 is 0. The summed E-state index contributed by atoms with van der Waals surface area (Å²) in [6.07, 6.45) is -2.02. The SMILES string of the molecule is CC(=N[C@@H](c1ccco1)C(F)(F)F)c1ccccc1.CCC. The third-order valence-corrected chi connectivity index (χ3v) is 2.64. The van der Waals surface area contributed by atoms with Gasteiger partial charge in [0.25, 0.3) is 0 Å². The van der Waals surface area contributed by atoms with E-state index in [9.17, 15) is 13.2 Å². The number of aliphatic imine (C=N–C) groups is 1. The summed E-state index contributed by atoms with van der Waals surface area (Å²) in [5, 5.41) is 0. The Morgan fingerprint density at radius 1 is 1.09 bits per heavy atom. The summed E-state index contributed by atoms with van der Waals surface area (Å²) in [6.45, 7) is 5.80. The predicted molar refractivity (Wildman–Crippen MR) is 82.1 cm³/mol. The Bertz CT molecular complexity index is 559. The minimum absolute atomic E-state index is 0.206. The maximum absolute atomic E-state index is 13.0.